The molecule has 0 atom stereocenters. The predicted octanol–water partition coefficient (Wildman–Crippen LogP) is 2.29. The van der Waals surface area contributed by atoms with Crippen LogP contribution in [0.4, 0.5) is 0 Å². The average molecular weight is 361 g/mol. The second-order valence-corrected chi connectivity index (χ2v) is 6.46. The van der Waals surface area contributed by atoms with E-state index in [4.69, 9.17) is 4.74 Å². The number of amides is 1. The first-order chi connectivity index (χ1) is 12.7. The number of nitrogens with one attached hydrogen (secondary N) is 2. The molecule has 1 fully saturated rings. The van der Waals surface area contributed by atoms with E-state index in [1.807, 2.05) is 24.0 Å². The predicted molar refractivity (Wildman–Crippen MR) is 105 cm³/mol. The molecule has 6 nitrogen and oxygen atoms in total. The Bertz CT molecular complexity index is 583. The van der Waals surface area contributed by atoms with E-state index in [9.17, 15) is 4.79 Å². The third-order valence-corrected chi connectivity index (χ3v) is 4.34. The van der Waals surface area contributed by atoms with Crippen molar-refractivity contribution in [2.75, 3.05) is 32.8 Å². The summed E-state index contributed by atoms with van der Waals surface area (Å²) in [7, 11) is 0. The van der Waals surface area contributed by atoms with Gasteiger partial charge in [-0.15, -0.1) is 0 Å². The van der Waals surface area contributed by atoms with Crippen LogP contribution in [0.15, 0.2) is 29.3 Å². The Morgan fingerprint density at radius 3 is 2.58 bits per heavy atom. The van der Waals surface area contributed by atoms with Crippen LogP contribution >= 0.6 is 0 Å². The fourth-order valence-electron chi connectivity index (χ4n) is 2.92. The molecule has 0 aliphatic carbocycles. The smallest absolute Gasteiger partial charge is 0.241 e. The molecule has 1 aliphatic rings. The number of rotatable bonds is 9. The van der Waals surface area contributed by atoms with Crippen LogP contribution in [0.25, 0.3) is 0 Å². The molecular formula is C20H32N4O2. The number of carbonyl (C=O) groups is 1. The monoisotopic (exact) mass is 360 g/mol. The van der Waals surface area contributed by atoms with Gasteiger partial charge in [-0.05, 0) is 37.3 Å². The molecule has 6 heteroatoms. The van der Waals surface area contributed by atoms with Gasteiger partial charge < -0.3 is 20.3 Å². The highest BCUT2D eigenvalue weighted by molar-refractivity contribution is 5.86. The van der Waals surface area contributed by atoms with Gasteiger partial charge in [0.15, 0.2) is 5.96 Å². The minimum Gasteiger partial charge on any atom is -0.377 e. The van der Waals surface area contributed by atoms with Crippen LogP contribution in [-0.2, 0) is 22.7 Å². The molecule has 2 N–H and O–H groups in total. The summed E-state index contributed by atoms with van der Waals surface area (Å²) in [4.78, 5) is 18.7. The van der Waals surface area contributed by atoms with E-state index in [-0.39, 0.29) is 12.5 Å². The molecule has 0 saturated carbocycles. The fourth-order valence-corrected chi connectivity index (χ4v) is 2.92. The summed E-state index contributed by atoms with van der Waals surface area (Å²) in [5.41, 5.74) is 2.31. The first-order valence-corrected chi connectivity index (χ1v) is 9.69. The van der Waals surface area contributed by atoms with E-state index in [0.29, 0.717) is 19.1 Å². The Labute approximate surface area is 157 Å². The number of hydrogen-bond donors (Lipinski definition) is 2. The van der Waals surface area contributed by atoms with Crippen LogP contribution in [0.3, 0.4) is 0 Å². The zero-order chi connectivity index (χ0) is 18.6. The molecule has 1 heterocycles. The second-order valence-electron chi connectivity index (χ2n) is 6.46. The highest BCUT2D eigenvalue weighted by atomic mass is 16.5. The van der Waals surface area contributed by atoms with Crippen molar-refractivity contribution in [2.45, 2.75) is 46.3 Å². The quantitative estimate of drug-likeness (QED) is 0.403. The summed E-state index contributed by atoms with van der Waals surface area (Å²) >= 11 is 0. The van der Waals surface area contributed by atoms with Gasteiger partial charge in [0.25, 0.3) is 0 Å². The van der Waals surface area contributed by atoms with E-state index in [1.165, 1.54) is 0 Å². The van der Waals surface area contributed by atoms with Crippen molar-refractivity contribution in [3.63, 3.8) is 0 Å². The maximum Gasteiger partial charge on any atom is 0.241 e. The molecule has 1 aromatic carbocycles. The molecule has 0 bridgehead atoms. The van der Waals surface area contributed by atoms with Crippen molar-refractivity contribution in [2.24, 2.45) is 4.99 Å². The number of guanidine groups is 1. The van der Waals surface area contributed by atoms with Crippen LogP contribution in [0, 0.1) is 0 Å². The fraction of sp³-hybridized carbons (Fsp3) is 0.600. The van der Waals surface area contributed by atoms with Gasteiger partial charge in [0.2, 0.25) is 5.91 Å². The molecule has 1 aliphatic heterocycles. The summed E-state index contributed by atoms with van der Waals surface area (Å²) in [5, 5.41) is 6.36. The van der Waals surface area contributed by atoms with Gasteiger partial charge in [0, 0.05) is 26.2 Å². The molecule has 2 rings (SSSR count). The Morgan fingerprint density at radius 1 is 1.15 bits per heavy atom. The summed E-state index contributed by atoms with van der Waals surface area (Å²) in [5.74, 6) is 0.811. The first kappa shape index (κ1) is 20.2. The number of likely N-dealkylation sites (tertiary alicyclic amines) is 1. The highest BCUT2D eigenvalue weighted by Gasteiger charge is 2.17. The molecule has 0 spiro atoms. The molecule has 1 saturated heterocycles. The number of nitrogens with zero attached hydrogens (tertiary/aromatic N) is 2. The van der Waals surface area contributed by atoms with Crippen LogP contribution in [0.1, 0.15) is 44.2 Å². The van der Waals surface area contributed by atoms with E-state index in [1.54, 1.807) is 0 Å². The van der Waals surface area contributed by atoms with Crippen molar-refractivity contribution in [3.05, 3.63) is 35.4 Å². The number of ether oxygens (including phenoxy) is 1. The topological polar surface area (TPSA) is 66.0 Å². The van der Waals surface area contributed by atoms with Gasteiger partial charge in [-0.1, -0.05) is 31.2 Å². The van der Waals surface area contributed by atoms with Crippen molar-refractivity contribution < 1.29 is 9.53 Å². The molecule has 0 unspecified atom stereocenters. The van der Waals surface area contributed by atoms with Gasteiger partial charge in [-0.25, -0.2) is 4.99 Å². The standard InChI is InChI=1S/C20H32N4O2/c1-3-13-26-16-18-10-6-5-9-17(18)14-22-20(21-4-2)23-15-19(25)24-11-7-8-12-24/h5-6,9-10H,3-4,7-8,11-16H2,1-2H3,(H2,21,22,23). The van der Waals surface area contributed by atoms with E-state index >= 15 is 0 Å². The number of aliphatic imine (C=N–C) groups is 1. The first-order valence-electron chi connectivity index (χ1n) is 9.69. The van der Waals surface area contributed by atoms with Gasteiger partial charge in [-0.2, -0.15) is 0 Å². The Kier molecular flexibility index (Phi) is 8.96. The van der Waals surface area contributed by atoms with E-state index in [2.05, 4.69) is 34.7 Å². The van der Waals surface area contributed by atoms with E-state index < -0.39 is 0 Å². The lowest BCUT2D eigenvalue weighted by Crippen LogP contribution is -2.44. The minimum atomic E-state index is 0.140. The molecule has 1 aromatic rings. The molecular weight excluding hydrogens is 328 g/mol. The second kappa shape index (κ2) is 11.5. The summed E-state index contributed by atoms with van der Waals surface area (Å²) in [6, 6.07) is 8.20. The Balaban J connectivity index is 1.92. The largest absolute Gasteiger partial charge is 0.377 e. The molecule has 0 radical (unpaired) electrons. The minimum absolute atomic E-state index is 0.140. The van der Waals surface area contributed by atoms with Crippen molar-refractivity contribution in [3.8, 4) is 0 Å². The normalized spacial score (nSPS) is 14.5. The molecule has 0 aromatic heterocycles. The van der Waals surface area contributed by atoms with Gasteiger partial charge in [-0.3, -0.25) is 4.79 Å². The zero-order valence-corrected chi connectivity index (χ0v) is 16.1. The van der Waals surface area contributed by atoms with Crippen molar-refractivity contribution in [1.82, 2.24) is 15.5 Å². The molecule has 26 heavy (non-hydrogen) atoms. The third kappa shape index (κ3) is 6.67. The van der Waals surface area contributed by atoms with Crippen LogP contribution in [0.5, 0.6) is 0 Å². The number of hydrogen-bond acceptors (Lipinski definition) is 3. The van der Waals surface area contributed by atoms with Gasteiger partial charge in [0.1, 0.15) is 0 Å². The SMILES string of the molecule is CCCOCc1ccccc1CN=C(NCC)NCC(=O)N1CCCC1. The van der Waals surface area contributed by atoms with Crippen molar-refractivity contribution >= 4 is 11.9 Å². The molecule has 144 valence electrons. The molecule has 1 amide bonds. The zero-order valence-electron chi connectivity index (χ0n) is 16.1. The van der Waals surface area contributed by atoms with Crippen LogP contribution < -0.4 is 10.6 Å². The number of carbonyl (C=O) groups excluding carboxylic acids is 1. The Morgan fingerprint density at radius 2 is 1.88 bits per heavy atom. The third-order valence-electron chi connectivity index (χ3n) is 4.34. The van der Waals surface area contributed by atoms with Crippen LogP contribution in [0.2, 0.25) is 0 Å². The maximum absolute atomic E-state index is 12.2. The summed E-state index contributed by atoms with van der Waals surface area (Å²) in [6.07, 6.45) is 3.23. The highest BCUT2D eigenvalue weighted by Crippen LogP contribution is 2.12. The number of benzene rings is 1. The summed E-state index contributed by atoms with van der Waals surface area (Å²) in [6.45, 7) is 8.84. The lowest BCUT2D eigenvalue weighted by Gasteiger charge is -2.17. The lowest BCUT2D eigenvalue weighted by molar-refractivity contribution is -0.128. The van der Waals surface area contributed by atoms with Gasteiger partial charge in [0.05, 0.1) is 19.7 Å². The van der Waals surface area contributed by atoms with Crippen LogP contribution in [-0.4, -0.2) is 49.6 Å². The average Bonchev–Trinajstić information content (AvgIpc) is 3.20. The maximum atomic E-state index is 12.2. The lowest BCUT2D eigenvalue weighted by atomic mass is 10.1. The Hall–Kier alpha value is -2.08. The van der Waals surface area contributed by atoms with E-state index in [0.717, 1.165) is 56.6 Å². The van der Waals surface area contributed by atoms with Crippen molar-refractivity contribution in [1.29, 1.82) is 0 Å². The summed E-state index contributed by atoms with van der Waals surface area (Å²) < 4.78 is 5.67. The van der Waals surface area contributed by atoms with Gasteiger partial charge >= 0.3 is 0 Å².